The first kappa shape index (κ1) is 15.5. The first-order chi connectivity index (χ1) is 9.88. The maximum atomic E-state index is 11.9. The van der Waals surface area contributed by atoms with E-state index >= 15 is 0 Å². The number of hydrogen-bond acceptors (Lipinski definition) is 4. The van der Waals surface area contributed by atoms with Gasteiger partial charge in [-0.2, -0.15) is 0 Å². The lowest BCUT2D eigenvalue weighted by atomic mass is 9.85. The number of carbonyl (C=O) groups is 2. The molecule has 114 valence electrons. The maximum absolute atomic E-state index is 11.9. The minimum absolute atomic E-state index is 0.308. The molecular weight excluding hydrogens is 268 g/mol. The lowest BCUT2D eigenvalue weighted by Gasteiger charge is -2.26. The highest BCUT2D eigenvalue weighted by Crippen LogP contribution is 2.36. The van der Waals surface area contributed by atoms with Crippen molar-refractivity contribution in [2.75, 3.05) is 0 Å². The summed E-state index contributed by atoms with van der Waals surface area (Å²) in [6.45, 7) is 9.27. The molecule has 1 fully saturated rings. The third-order valence-electron chi connectivity index (χ3n) is 3.98. The minimum atomic E-state index is -0.412. The molecule has 0 unspecified atom stereocenters. The largest absolute Gasteiger partial charge is 0.461 e. The Morgan fingerprint density at radius 3 is 2.76 bits per heavy atom. The average Bonchev–Trinajstić information content (AvgIpc) is 2.62. The number of rotatable bonds is 1. The fraction of sp³-hybridized carbons (Fsp3) is 0.529. The van der Waals surface area contributed by atoms with Crippen LogP contribution in [0.1, 0.15) is 40.0 Å². The molecule has 0 spiro atoms. The Kier molecular flexibility index (Phi) is 4.66. The van der Waals surface area contributed by atoms with Gasteiger partial charge in [0.25, 0.3) is 0 Å². The molecule has 1 aliphatic heterocycles. The van der Waals surface area contributed by atoms with E-state index < -0.39 is 12.1 Å². The van der Waals surface area contributed by atoms with Gasteiger partial charge in [0, 0.05) is 18.9 Å². The van der Waals surface area contributed by atoms with Crippen LogP contribution in [-0.4, -0.2) is 24.1 Å². The Bertz CT molecular complexity index is 527. The van der Waals surface area contributed by atoms with Crippen molar-refractivity contribution in [3.63, 3.8) is 0 Å². The van der Waals surface area contributed by atoms with Crippen LogP contribution in [-0.2, 0) is 19.1 Å². The van der Waals surface area contributed by atoms with Crippen LogP contribution in [0.5, 0.6) is 0 Å². The molecule has 0 radical (unpaired) electrons. The van der Waals surface area contributed by atoms with E-state index in [0.29, 0.717) is 12.0 Å². The van der Waals surface area contributed by atoms with Crippen LogP contribution in [0.3, 0.4) is 0 Å². The fourth-order valence-electron chi connectivity index (χ4n) is 2.95. The van der Waals surface area contributed by atoms with Gasteiger partial charge in [0.05, 0.1) is 5.92 Å². The van der Waals surface area contributed by atoms with Crippen LogP contribution in [0.2, 0.25) is 0 Å². The molecule has 0 aromatic carbocycles. The molecule has 0 aromatic rings. The van der Waals surface area contributed by atoms with Gasteiger partial charge in [-0.25, -0.2) is 4.79 Å². The van der Waals surface area contributed by atoms with Crippen LogP contribution in [0, 0.1) is 5.92 Å². The number of esters is 2. The van der Waals surface area contributed by atoms with Gasteiger partial charge in [0.1, 0.15) is 12.2 Å². The summed E-state index contributed by atoms with van der Waals surface area (Å²) in [6, 6.07) is 0. The molecule has 2 rings (SSSR count). The topological polar surface area (TPSA) is 52.6 Å². The lowest BCUT2D eigenvalue weighted by molar-refractivity contribution is -0.149. The predicted octanol–water partition coefficient (Wildman–Crippen LogP) is 3.09. The predicted molar refractivity (Wildman–Crippen MR) is 79.4 cm³/mol. The molecule has 0 bridgehead atoms. The molecule has 2 aliphatic rings. The SMILES string of the molecule is C=C1C(=O)O[C@H]2/C=C(\C)CC/C=C(/C)C[C@@H](OC(C)=O)[C@H]12. The molecule has 21 heavy (non-hydrogen) atoms. The van der Waals surface area contributed by atoms with E-state index in [1.165, 1.54) is 12.5 Å². The molecular formula is C17H22O4. The van der Waals surface area contributed by atoms with Crippen molar-refractivity contribution in [1.82, 2.24) is 0 Å². The van der Waals surface area contributed by atoms with Gasteiger partial charge in [0.15, 0.2) is 0 Å². The summed E-state index contributed by atoms with van der Waals surface area (Å²) < 4.78 is 10.9. The Morgan fingerprint density at radius 1 is 1.38 bits per heavy atom. The van der Waals surface area contributed by atoms with Crippen molar-refractivity contribution >= 4 is 11.9 Å². The fourth-order valence-corrected chi connectivity index (χ4v) is 2.95. The summed E-state index contributed by atoms with van der Waals surface area (Å²) in [7, 11) is 0. The van der Waals surface area contributed by atoms with Crippen molar-refractivity contribution in [1.29, 1.82) is 0 Å². The Morgan fingerprint density at radius 2 is 2.10 bits per heavy atom. The molecule has 4 heteroatoms. The van der Waals surface area contributed by atoms with Gasteiger partial charge >= 0.3 is 11.9 Å². The zero-order chi connectivity index (χ0) is 15.6. The third-order valence-corrected chi connectivity index (χ3v) is 3.98. The quantitative estimate of drug-likeness (QED) is 0.423. The smallest absolute Gasteiger partial charge is 0.334 e. The van der Waals surface area contributed by atoms with Crippen LogP contribution in [0.15, 0.2) is 35.5 Å². The first-order valence-electron chi connectivity index (χ1n) is 7.28. The Labute approximate surface area is 125 Å². The van der Waals surface area contributed by atoms with Gasteiger partial charge in [-0.3, -0.25) is 4.79 Å². The molecule has 0 saturated carbocycles. The summed E-state index contributed by atoms with van der Waals surface area (Å²) in [4.78, 5) is 23.2. The van der Waals surface area contributed by atoms with Crippen molar-refractivity contribution in [2.24, 2.45) is 5.92 Å². The number of allylic oxidation sites excluding steroid dienone is 2. The van der Waals surface area contributed by atoms with E-state index in [-0.39, 0.29) is 18.0 Å². The Hall–Kier alpha value is -1.84. The highest BCUT2D eigenvalue weighted by atomic mass is 16.6. The molecule has 0 amide bonds. The number of fused-ring (bicyclic) bond motifs is 1. The number of ether oxygens (including phenoxy) is 2. The van der Waals surface area contributed by atoms with Crippen molar-refractivity contribution in [2.45, 2.75) is 52.2 Å². The third kappa shape index (κ3) is 3.63. The lowest BCUT2D eigenvalue weighted by Crippen LogP contribution is -2.32. The highest BCUT2D eigenvalue weighted by Gasteiger charge is 2.44. The van der Waals surface area contributed by atoms with E-state index in [2.05, 4.69) is 12.7 Å². The summed E-state index contributed by atoms with van der Waals surface area (Å²) in [5, 5.41) is 0. The molecule has 1 saturated heterocycles. The van der Waals surface area contributed by atoms with Crippen LogP contribution >= 0.6 is 0 Å². The number of carbonyl (C=O) groups excluding carboxylic acids is 2. The van der Waals surface area contributed by atoms with Crippen molar-refractivity contribution < 1.29 is 19.1 Å². The zero-order valence-corrected chi connectivity index (χ0v) is 12.8. The van der Waals surface area contributed by atoms with Gasteiger partial charge in [0.2, 0.25) is 0 Å². The second kappa shape index (κ2) is 6.29. The maximum Gasteiger partial charge on any atom is 0.334 e. The summed E-state index contributed by atoms with van der Waals surface area (Å²) in [5.41, 5.74) is 2.71. The normalized spacial score (nSPS) is 34.9. The van der Waals surface area contributed by atoms with E-state index in [4.69, 9.17) is 9.47 Å². The minimum Gasteiger partial charge on any atom is -0.461 e. The Balaban J connectivity index is 2.39. The van der Waals surface area contributed by atoms with E-state index in [1.807, 2.05) is 19.9 Å². The second-order valence-electron chi connectivity index (χ2n) is 5.88. The van der Waals surface area contributed by atoms with Crippen LogP contribution in [0.25, 0.3) is 0 Å². The van der Waals surface area contributed by atoms with Gasteiger partial charge in [-0.1, -0.05) is 23.8 Å². The monoisotopic (exact) mass is 290 g/mol. The van der Waals surface area contributed by atoms with E-state index in [9.17, 15) is 9.59 Å². The van der Waals surface area contributed by atoms with E-state index in [1.54, 1.807) is 0 Å². The average molecular weight is 290 g/mol. The zero-order valence-electron chi connectivity index (χ0n) is 12.8. The van der Waals surface area contributed by atoms with Gasteiger partial charge in [-0.05, 0) is 32.8 Å². The standard InChI is InChI=1S/C17H22O4/c1-10-6-5-7-11(2)9-15-16(12(3)17(19)21-15)14(8-10)20-13(4)18/h6,9,14-16H,3,5,7-8H2,1-2,4H3/b10-6-,11-9+/t14-,15+,16+/m1/s1. The summed E-state index contributed by atoms with van der Waals surface area (Å²) in [6.07, 6.45) is 5.80. The van der Waals surface area contributed by atoms with Gasteiger partial charge < -0.3 is 9.47 Å². The molecule has 4 nitrogen and oxygen atoms in total. The van der Waals surface area contributed by atoms with Crippen LogP contribution in [0.4, 0.5) is 0 Å². The van der Waals surface area contributed by atoms with E-state index in [0.717, 1.165) is 18.4 Å². The summed E-state index contributed by atoms with van der Waals surface area (Å²) >= 11 is 0. The highest BCUT2D eigenvalue weighted by molar-refractivity contribution is 5.91. The molecule has 1 aliphatic carbocycles. The van der Waals surface area contributed by atoms with Crippen LogP contribution < -0.4 is 0 Å². The molecule has 1 heterocycles. The second-order valence-corrected chi connectivity index (χ2v) is 5.88. The molecule has 3 atom stereocenters. The van der Waals surface area contributed by atoms with Crippen molar-refractivity contribution in [3.05, 3.63) is 35.5 Å². The number of hydrogen-bond donors (Lipinski definition) is 0. The molecule has 0 aromatic heterocycles. The van der Waals surface area contributed by atoms with Crippen molar-refractivity contribution in [3.8, 4) is 0 Å². The van der Waals surface area contributed by atoms with Gasteiger partial charge in [-0.15, -0.1) is 0 Å². The first-order valence-corrected chi connectivity index (χ1v) is 7.28. The molecule has 0 N–H and O–H groups in total. The summed E-state index contributed by atoms with van der Waals surface area (Å²) in [5.74, 6) is -1.05.